The van der Waals surface area contributed by atoms with Crippen LogP contribution >= 0.6 is 0 Å². The molecular weight excluding hydrogens is 440 g/mol. The third-order valence-corrected chi connectivity index (χ3v) is 0.366. The molecule has 0 radical (unpaired) electrons. The van der Waals surface area contributed by atoms with Gasteiger partial charge in [0, 0.05) is 54.6 Å². The Morgan fingerprint density at radius 2 is 0.667 bits per heavy atom. The average molecular weight is 445 g/mol. The summed E-state index contributed by atoms with van der Waals surface area (Å²) >= 11 is 0. The second kappa shape index (κ2) is 17.7. The summed E-state index contributed by atoms with van der Waals surface area (Å²) in [6.45, 7) is 0. The number of hydrogen-bond acceptors (Lipinski definition) is 4. The van der Waals surface area contributed by atoms with Gasteiger partial charge in [-0.2, -0.15) is 0 Å². The van der Waals surface area contributed by atoms with E-state index >= 15 is 0 Å². The molecule has 0 rings (SSSR count). The molecule has 4 N–H and O–H groups in total. The van der Waals surface area contributed by atoms with E-state index in [-0.39, 0.29) is 107 Å². The van der Waals surface area contributed by atoms with Crippen LogP contribution in [0, 0.1) is 0 Å². The number of carbonyl (C=O) groups is 4. The van der Waals surface area contributed by atoms with Crippen molar-refractivity contribution >= 4 is 23.9 Å². The van der Waals surface area contributed by atoms with Crippen LogP contribution in [-0.4, -0.2) is 44.3 Å². The molecule has 0 spiro atoms. The first kappa shape index (κ1) is 29.9. The predicted octanol–water partition coefficient (Wildman–Crippen LogP) is -4.58. The smallest absolute Gasteiger partial charge is 1.00 e. The molecule has 0 unspecified atom stereocenters. The van der Waals surface area contributed by atoms with Crippen LogP contribution < -0.4 is 51.4 Å². The topological polar surface area (TPSA) is 149 Å². The maximum absolute atomic E-state index is 9.10. The van der Waals surface area contributed by atoms with E-state index in [1.54, 1.807) is 0 Å². The van der Waals surface area contributed by atoms with Gasteiger partial charge in [0.15, 0.2) is 0 Å². The van der Waals surface area contributed by atoms with Crippen molar-refractivity contribution in [2.45, 2.75) is 0 Å². The first-order valence-corrected chi connectivity index (χ1v) is 2.21. The van der Waals surface area contributed by atoms with E-state index < -0.39 is 23.9 Å². The summed E-state index contributed by atoms with van der Waals surface area (Å²) in [6.07, 6.45) is 0. The zero-order valence-electron chi connectivity index (χ0n) is 8.84. The molecule has 0 aliphatic carbocycles. The Hall–Kier alpha value is 1.36. The molecule has 0 aromatic heterocycles. The van der Waals surface area contributed by atoms with Crippen molar-refractivity contribution in [3.05, 3.63) is 0 Å². The summed E-state index contributed by atoms with van der Waals surface area (Å²) < 4.78 is 0. The largest absolute Gasteiger partial charge is 1.00 e. The molecule has 0 amide bonds. The maximum Gasteiger partial charge on any atom is 1.00 e. The number of rotatable bonds is 0. The second-order valence-corrected chi connectivity index (χ2v) is 1.22. The van der Waals surface area contributed by atoms with Crippen LogP contribution in [0.2, 0.25) is 0 Å². The van der Waals surface area contributed by atoms with Gasteiger partial charge in [0.05, 0.1) is 0 Å². The van der Waals surface area contributed by atoms with Crippen LogP contribution in [-0.2, 0) is 73.8 Å². The van der Waals surface area contributed by atoms with E-state index in [1.165, 1.54) is 0 Å². The Morgan fingerprint density at radius 1 is 0.600 bits per heavy atom. The van der Waals surface area contributed by atoms with Gasteiger partial charge in [0.25, 0.3) is 0 Å². The fourth-order valence-corrected chi connectivity index (χ4v) is 0. The van der Waals surface area contributed by atoms with Crippen LogP contribution in [0.25, 0.3) is 0 Å². The van der Waals surface area contributed by atoms with Gasteiger partial charge >= 0.3 is 75.3 Å². The van der Waals surface area contributed by atoms with Gasteiger partial charge in [-0.05, 0) is 0 Å². The van der Waals surface area contributed by atoms with E-state index in [0.29, 0.717) is 0 Å². The van der Waals surface area contributed by atoms with Gasteiger partial charge in [-0.1, -0.05) is 0 Å². The number of carboxylic acid groups (broad SMARTS) is 4. The molecule has 0 atom stereocenters. The van der Waals surface area contributed by atoms with E-state index in [0.717, 1.165) is 0 Å². The van der Waals surface area contributed by atoms with Gasteiger partial charge in [-0.25, -0.2) is 19.2 Å². The molecule has 0 aromatic rings. The van der Waals surface area contributed by atoms with Gasteiger partial charge < -0.3 is 21.9 Å². The maximum atomic E-state index is 9.10. The summed E-state index contributed by atoms with van der Waals surface area (Å²) in [5.74, 6) is -7.30. The summed E-state index contributed by atoms with van der Waals surface area (Å²) in [7, 11) is 0. The molecule has 0 bridgehead atoms. The Bertz CT molecular complexity index is 186. The van der Waals surface area contributed by atoms with Gasteiger partial charge in [-0.3, -0.25) is 0 Å². The summed E-state index contributed by atoms with van der Waals surface area (Å²) in [6, 6.07) is 0. The molecule has 0 heterocycles. The first-order valence-electron chi connectivity index (χ1n) is 2.21. The molecule has 0 saturated carbocycles. The zero-order valence-corrected chi connectivity index (χ0v) is 19.0. The molecule has 0 fully saturated rings. The van der Waals surface area contributed by atoms with E-state index in [2.05, 4.69) is 0 Å². The van der Waals surface area contributed by atoms with E-state index in [9.17, 15) is 0 Å². The third-order valence-electron chi connectivity index (χ3n) is 0.366. The van der Waals surface area contributed by atoms with Crippen molar-refractivity contribution in [1.29, 1.82) is 0 Å². The van der Waals surface area contributed by atoms with Crippen molar-refractivity contribution in [3.8, 4) is 0 Å². The molecular formula is C4H5Cd2KO8. The molecule has 11 heteroatoms. The predicted molar refractivity (Wildman–Crippen MR) is 31.7 cm³/mol. The summed E-state index contributed by atoms with van der Waals surface area (Å²) in [4.78, 5) is 36.4. The Labute approximate surface area is 168 Å². The van der Waals surface area contributed by atoms with Crippen LogP contribution in [0.3, 0.4) is 0 Å². The minimum Gasteiger partial charge on any atom is -1.00 e. The number of hydrogen-bond donors (Lipinski definition) is 4. The quantitative estimate of drug-likeness (QED) is 0.215. The fraction of sp³-hybridized carbons (Fsp3) is 0. The molecule has 74 valence electrons. The Balaban J connectivity index is -0.0000000250. The van der Waals surface area contributed by atoms with Crippen molar-refractivity contribution in [3.63, 3.8) is 0 Å². The molecule has 0 aromatic carbocycles. The second-order valence-electron chi connectivity index (χ2n) is 1.22. The molecule has 15 heavy (non-hydrogen) atoms. The Kier molecular flexibility index (Phi) is 35.4. The molecule has 0 aliphatic rings. The normalized spacial score (nSPS) is 5.87. The summed E-state index contributed by atoms with van der Waals surface area (Å²) in [5.41, 5.74) is 0. The Morgan fingerprint density at radius 3 is 0.667 bits per heavy atom. The van der Waals surface area contributed by atoms with Crippen molar-refractivity contribution < 1.29 is 147 Å². The van der Waals surface area contributed by atoms with Crippen LogP contribution in [0.4, 0.5) is 0 Å². The minimum absolute atomic E-state index is 0. The van der Waals surface area contributed by atoms with Crippen molar-refractivity contribution in [2.24, 2.45) is 0 Å². The van der Waals surface area contributed by atoms with Crippen LogP contribution in [0.1, 0.15) is 1.43 Å². The fourth-order valence-electron chi connectivity index (χ4n) is 0. The monoisotopic (exact) mass is 448 g/mol. The SMILES string of the molecule is O=C(O)C(=O)O.O=C(O)C(=O)O.[Cd].[Cd].[H-].[K+]. The average Bonchev–Trinajstić information content (AvgIpc) is 1.88. The molecule has 8 nitrogen and oxygen atoms in total. The van der Waals surface area contributed by atoms with Gasteiger partial charge in [0.2, 0.25) is 0 Å². The van der Waals surface area contributed by atoms with Gasteiger partial charge in [-0.15, -0.1) is 0 Å². The number of aliphatic carboxylic acids is 4. The van der Waals surface area contributed by atoms with Crippen LogP contribution in [0.5, 0.6) is 0 Å². The van der Waals surface area contributed by atoms with Gasteiger partial charge in [0.1, 0.15) is 0 Å². The first-order chi connectivity index (χ1) is 5.29. The third kappa shape index (κ3) is 31.3. The minimum atomic E-state index is -1.82. The standard InChI is InChI=1S/2C2H2O4.2Cd.K.H/c2*3-1(4)2(5)6;;;;/h2*(H,3,4)(H,5,6);;;;/q;;;;+1;-1. The molecule has 0 aliphatic heterocycles. The van der Waals surface area contributed by atoms with Crippen molar-refractivity contribution in [1.82, 2.24) is 0 Å². The number of carboxylic acids is 4. The summed E-state index contributed by atoms with van der Waals surface area (Å²) in [5, 5.41) is 29.6. The van der Waals surface area contributed by atoms with Crippen LogP contribution in [0.15, 0.2) is 0 Å². The zero-order chi connectivity index (χ0) is 10.3. The van der Waals surface area contributed by atoms with E-state index in [4.69, 9.17) is 39.6 Å². The van der Waals surface area contributed by atoms with Crippen molar-refractivity contribution in [2.75, 3.05) is 0 Å². The van der Waals surface area contributed by atoms with E-state index in [1.807, 2.05) is 0 Å². The molecule has 0 saturated heterocycles.